The number of rotatable bonds is 2. The van der Waals surface area contributed by atoms with Crippen molar-refractivity contribution in [2.75, 3.05) is 5.32 Å². The summed E-state index contributed by atoms with van der Waals surface area (Å²) in [4.78, 5) is 8.00. The van der Waals surface area contributed by atoms with Gasteiger partial charge in [0.1, 0.15) is 12.1 Å². The zero-order chi connectivity index (χ0) is 11.5. The number of halogens is 3. The zero-order valence-corrected chi connectivity index (χ0v) is 11.8. The summed E-state index contributed by atoms with van der Waals surface area (Å²) in [7, 11) is 0. The third-order valence-electron chi connectivity index (χ3n) is 1.85. The average Bonchev–Trinajstić information content (AvgIpc) is 2.27. The van der Waals surface area contributed by atoms with E-state index in [0.29, 0.717) is 10.8 Å². The molecule has 0 bridgehead atoms. The average molecular weight is 363 g/mol. The van der Waals surface area contributed by atoms with Crippen LogP contribution in [0.2, 0.25) is 5.02 Å². The Labute approximate surface area is 115 Å². The van der Waals surface area contributed by atoms with Crippen LogP contribution < -0.4 is 5.32 Å². The number of nitrogens with one attached hydrogen (secondary N) is 1. The highest BCUT2D eigenvalue weighted by Crippen LogP contribution is 2.30. The van der Waals surface area contributed by atoms with E-state index < -0.39 is 0 Å². The first-order valence-corrected chi connectivity index (χ1v) is 6.31. The third kappa shape index (κ3) is 2.72. The van der Waals surface area contributed by atoms with Gasteiger partial charge in [-0.15, -0.1) is 0 Å². The normalized spacial score (nSPS) is 10.2. The molecule has 0 unspecified atom stereocenters. The van der Waals surface area contributed by atoms with Crippen molar-refractivity contribution in [1.82, 2.24) is 9.97 Å². The van der Waals surface area contributed by atoms with Crippen molar-refractivity contribution < 1.29 is 0 Å². The van der Waals surface area contributed by atoms with Crippen molar-refractivity contribution in [3.63, 3.8) is 0 Å². The van der Waals surface area contributed by atoms with E-state index in [1.807, 2.05) is 18.2 Å². The molecule has 0 fully saturated rings. The molecule has 0 spiro atoms. The Hall–Kier alpha value is -0.650. The summed E-state index contributed by atoms with van der Waals surface area (Å²) in [5.74, 6) is 0.693. The van der Waals surface area contributed by atoms with Crippen LogP contribution in [-0.4, -0.2) is 9.97 Å². The topological polar surface area (TPSA) is 37.8 Å². The molecule has 0 saturated carbocycles. The molecule has 2 aromatic rings. The summed E-state index contributed by atoms with van der Waals surface area (Å²) >= 11 is 12.7. The fourth-order valence-electron chi connectivity index (χ4n) is 1.13. The van der Waals surface area contributed by atoms with Crippen LogP contribution in [0.15, 0.2) is 39.7 Å². The van der Waals surface area contributed by atoms with Crippen LogP contribution in [0.5, 0.6) is 0 Å². The molecule has 82 valence electrons. The molecule has 0 atom stereocenters. The maximum absolute atomic E-state index is 5.92. The quantitative estimate of drug-likeness (QED) is 0.859. The van der Waals surface area contributed by atoms with Crippen molar-refractivity contribution in [2.24, 2.45) is 0 Å². The fraction of sp³-hybridized carbons (Fsp3) is 0. The lowest BCUT2D eigenvalue weighted by Crippen LogP contribution is -1.95. The number of nitrogens with zero attached hydrogens (tertiary/aromatic N) is 2. The Bertz CT molecular complexity index is 519. The molecule has 6 heteroatoms. The van der Waals surface area contributed by atoms with E-state index in [0.717, 1.165) is 14.6 Å². The van der Waals surface area contributed by atoms with Crippen molar-refractivity contribution in [3.05, 3.63) is 44.7 Å². The summed E-state index contributed by atoms with van der Waals surface area (Å²) in [6.07, 6.45) is 3.15. The van der Waals surface area contributed by atoms with Gasteiger partial charge in [-0.2, -0.15) is 0 Å². The maximum atomic E-state index is 5.92. The van der Waals surface area contributed by atoms with E-state index >= 15 is 0 Å². The van der Waals surface area contributed by atoms with Crippen LogP contribution in [0.1, 0.15) is 0 Å². The molecule has 0 aliphatic rings. The number of benzene rings is 1. The standard InChI is InChI=1S/C10H6Br2ClN3/c11-7-2-1-6(13)3-9(7)16-10-8(12)4-14-5-15-10/h1-5H,(H,14,15,16). The van der Waals surface area contributed by atoms with Crippen molar-refractivity contribution >= 4 is 55.0 Å². The molecule has 0 aliphatic heterocycles. The van der Waals surface area contributed by atoms with Crippen molar-refractivity contribution in [3.8, 4) is 0 Å². The van der Waals surface area contributed by atoms with Crippen LogP contribution >= 0.6 is 43.5 Å². The second-order valence-corrected chi connectivity index (χ2v) is 5.11. The van der Waals surface area contributed by atoms with E-state index in [1.165, 1.54) is 6.33 Å². The van der Waals surface area contributed by atoms with Crippen molar-refractivity contribution in [2.45, 2.75) is 0 Å². The summed E-state index contributed by atoms with van der Waals surface area (Å²) < 4.78 is 1.71. The van der Waals surface area contributed by atoms with Gasteiger partial charge in [0.05, 0.1) is 10.2 Å². The molecule has 0 radical (unpaired) electrons. The van der Waals surface area contributed by atoms with Crippen LogP contribution in [0.4, 0.5) is 11.5 Å². The van der Waals surface area contributed by atoms with E-state index in [2.05, 4.69) is 47.1 Å². The first-order valence-electron chi connectivity index (χ1n) is 4.34. The Morgan fingerprint density at radius 3 is 2.75 bits per heavy atom. The van der Waals surface area contributed by atoms with Gasteiger partial charge in [-0.05, 0) is 50.1 Å². The van der Waals surface area contributed by atoms with E-state index in [9.17, 15) is 0 Å². The number of hydrogen-bond acceptors (Lipinski definition) is 3. The van der Waals surface area contributed by atoms with Crippen LogP contribution in [-0.2, 0) is 0 Å². The number of aromatic nitrogens is 2. The first-order chi connectivity index (χ1) is 7.66. The molecule has 0 amide bonds. The second kappa shape index (κ2) is 5.12. The van der Waals surface area contributed by atoms with E-state index in [4.69, 9.17) is 11.6 Å². The van der Waals surface area contributed by atoms with Gasteiger partial charge in [0.15, 0.2) is 0 Å². The fourth-order valence-corrected chi connectivity index (χ4v) is 1.96. The van der Waals surface area contributed by atoms with Gasteiger partial charge < -0.3 is 5.32 Å². The maximum Gasteiger partial charge on any atom is 0.148 e. The monoisotopic (exact) mass is 361 g/mol. The van der Waals surface area contributed by atoms with Crippen molar-refractivity contribution in [1.29, 1.82) is 0 Å². The molecule has 0 aliphatic carbocycles. The smallest absolute Gasteiger partial charge is 0.148 e. The summed E-state index contributed by atoms with van der Waals surface area (Å²) in [6.45, 7) is 0. The van der Waals surface area contributed by atoms with Gasteiger partial charge >= 0.3 is 0 Å². The second-order valence-electron chi connectivity index (χ2n) is 2.97. The lowest BCUT2D eigenvalue weighted by atomic mass is 10.3. The van der Waals surface area contributed by atoms with Gasteiger partial charge in [-0.25, -0.2) is 9.97 Å². The Morgan fingerprint density at radius 2 is 2.00 bits per heavy atom. The SMILES string of the molecule is Clc1ccc(Br)c(Nc2ncncc2Br)c1. The molecule has 1 aromatic heterocycles. The molecule has 1 heterocycles. The van der Waals surface area contributed by atoms with Gasteiger partial charge in [0.2, 0.25) is 0 Å². The minimum atomic E-state index is 0.663. The van der Waals surface area contributed by atoms with Crippen LogP contribution in [0.3, 0.4) is 0 Å². The van der Waals surface area contributed by atoms with Gasteiger partial charge in [-0.3, -0.25) is 0 Å². The molecule has 2 rings (SSSR count). The summed E-state index contributed by atoms with van der Waals surface area (Å²) in [5.41, 5.74) is 0.854. The minimum Gasteiger partial charge on any atom is -0.338 e. The van der Waals surface area contributed by atoms with Gasteiger partial charge in [0.25, 0.3) is 0 Å². The molecule has 1 N–H and O–H groups in total. The Morgan fingerprint density at radius 1 is 1.19 bits per heavy atom. The lowest BCUT2D eigenvalue weighted by Gasteiger charge is -2.08. The summed E-state index contributed by atoms with van der Waals surface area (Å²) in [5, 5.41) is 3.81. The largest absolute Gasteiger partial charge is 0.338 e. The minimum absolute atomic E-state index is 0.663. The molecule has 1 aromatic carbocycles. The molecular formula is C10H6Br2ClN3. The Kier molecular flexibility index (Phi) is 3.78. The number of hydrogen-bond donors (Lipinski definition) is 1. The zero-order valence-electron chi connectivity index (χ0n) is 7.92. The molecular weight excluding hydrogens is 357 g/mol. The molecule has 0 saturated heterocycles. The Balaban J connectivity index is 2.34. The predicted octanol–water partition coefficient (Wildman–Crippen LogP) is 4.40. The third-order valence-corrected chi connectivity index (χ3v) is 3.36. The highest BCUT2D eigenvalue weighted by molar-refractivity contribution is 9.11. The first kappa shape index (κ1) is 11.8. The predicted molar refractivity (Wildman–Crippen MR) is 72.2 cm³/mol. The summed E-state index contributed by atoms with van der Waals surface area (Å²) in [6, 6.07) is 5.51. The molecule has 16 heavy (non-hydrogen) atoms. The van der Waals surface area contributed by atoms with Crippen LogP contribution in [0, 0.1) is 0 Å². The highest BCUT2D eigenvalue weighted by atomic mass is 79.9. The van der Waals surface area contributed by atoms with Gasteiger partial charge in [0, 0.05) is 15.7 Å². The van der Waals surface area contributed by atoms with Gasteiger partial charge in [-0.1, -0.05) is 11.6 Å². The molecule has 3 nitrogen and oxygen atoms in total. The lowest BCUT2D eigenvalue weighted by molar-refractivity contribution is 1.15. The number of anilines is 2. The van der Waals surface area contributed by atoms with E-state index in [1.54, 1.807) is 6.20 Å². The highest BCUT2D eigenvalue weighted by Gasteiger charge is 2.05. The van der Waals surface area contributed by atoms with E-state index in [-0.39, 0.29) is 0 Å². The van der Waals surface area contributed by atoms with Crippen LogP contribution in [0.25, 0.3) is 0 Å².